The first kappa shape index (κ1) is 13.8. The van der Waals surface area contributed by atoms with Crippen LogP contribution in [0.1, 0.15) is 51.4 Å². The summed E-state index contributed by atoms with van der Waals surface area (Å²) in [6.07, 6.45) is 11.3. The first-order chi connectivity index (χ1) is 9.92. The molecular weight excluding hydrogens is 244 g/mol. The fraction of sp³-hybridized carbons (Fsp3) is 0.667. The zero-order valence-corrected chi connectivity index (χ0v) is 12.6. The van der Waals surface area contributed by atoms with E-state index < -0.39 is 0 Å². The van der Waals surface area contributed by atoms with Gasteiger partial charge in [-0.3, -0.25) is 0 Å². The summed E-state index contributed by atoms with van der Waals surface area (Å²) in [6.45, 7) is 3.61. The van der Waals surface area contributed by atoms with Crippen LogP contribution in [0.3, 0.4) is 0 Å². The molecule has 0 amide bonds. The maximum absolute atomic E-state index is 3.68. The third-order valence-electron chi connectivity index (χ3n) is 4.89. The number of hydrogen-bond donors (Lipinski definition) is 1. The summed E-state index contributed by atoms with van der Waals surface area (Å²) in [4.78, 5) is 2.51. The quantitative estimate of drug-likeness (QED) is 0.801. The third kappa shape index (κ3) is 3.68. The average Bonchev–Trinajstić information content (AvgIpc) is 2.90. The van der Waals surface area contributed by atoms with E-state index in [0.717, 1.165) is 12.5 Å². The van der Waals surface area contributed by atoms with Crippen molar-refractivity contribution >= 4 is 11.4 Å². The topological polar surface area (TPSA) is 15.3 Å². The van der Waals surface area contributed by atoms with E-state index in [1.807, 2.05) is 0 Å². The molecule has 1 N–H and O–H groups in total. The van der Waals surface area contributed by atoms with Gasteiger partial charge in [-0.2, -0.15) is 0 Å². The van der Waals surface area contributed by atoms with Gasteiger partial charge in [0.25, 0.3) is 0 Å². The van der Waals surface area contributed by atoms with E-state index in [-0.39, 0.29) is 0 Å². The molecule has 0 aromatic heterocycles. The SMILES string of the molecule is c1cc(NCC2CCCCCC2)cc(N2CCCC2)c1. The first-order valence-corrected chi connectivity index (χ1v) is 8.51. The Labute approximate surface area is 123 Å². The third-order valence-corrected chi connectivity index (χ3v) is 4.89. The van der Waals surface area contributed by atoms with Gasteiger partial charge in [0, 0.05) is 31.0 Å². The predicted molar refractivity (Wildman–Crippen MR) is 87.6 cm³/mol. The Morgan fingerprint density at radius 3 is 2.45 bits per heavy atom. The Bertz CT molecular complexity index is 402. The molecule has 110 valence electrons. The van der Waals surface area contributed by atoms with Crippen molar-refractivity contribution in [1.29, 1.82) is 0 Å². The second-order valence-electron chi connectivity index (χ2n) is 6.48. The number of hydrogen-bond acceptors (Lipinski definition) is 2. The number of anilines is 2. The summed E-state index contributed by atoms with van der Waals surface area (Å²) in [5.41, 5.74) is 2.70. The van der Waals surface area contributed by atoms with E-state index in [1.54, 1.807) is 0 Å². The molecule has 1 aliphatic heterocycles. The molecule has 2 aliphatic rings. The molecule has 1 aromatic rings. The molecule has 1 aromatic carbocycles. The molecule has 1 heterocycles. The summed E-state index contributed by atoms with van der Waals surface area (Å²) in [6, 6.07) is 9.00. The molecule has 2 heteroatoms. The number of rotatable bonds is 4. The molecule has 1 saturated heterocycles. The van der Waals surface area contributed by atoms with Crippen LogP contribution in [-0.4, -0.2) is 19.6 Å². The van der Waals surface area contributed by atoms with Crippen LogP contribution < -0.4 is 10.2 Å². The van der Waals surface area contributed by atoms with Gasteiger partial charge in [0.2, 0.25) is 0 Å². The highest BCUT2D eigenvalue weighted by molar-refractivity contribution is 5.58. The molecule has 2 nitrogen and oxygen atoms in total. The van der Waals surface area contributed by atoms with Gasteiger partial charge in [-0.1, -0.05) is 31.7 Å². The summed E-state index contributed by atoms with van der Waals surface area (Å²) >= 11 is 0. The highest BCUT2D eigenvalue weighted by Gasteiger charge is 2.14. The maximum atomic E-state index is 3.68. The van der Waals surface area contributed by atoms with Crippen LogP contribution in [0.2, 0.25) is 0 Å². The van der Waals surface area contributed by atoms with E-state index in [0.29, 0.717) is 0 Å². The van der Waals surface area contributed by atoms with Gasteiger partial charge in [0.15, 0.2) is 0 Å². The van der Waals surface area contributed by atoms with Gasteiger partial charge in [-0.15, -0.1) is 0 Å². The molecular formula is C18H28N2. The molecule has 1 aliphatic carbocycles. The van der Waals surface area contributed by atoms with Gasteiger partial charge < -0.3 is 10.2 Å². The number of benzene rings is 1. The van der Waals surface area contributed by atoms with E-state index >= 15 is 0 Å². The predicted octanol–water partition coefficient (Wildman–Crippen LogP) is 4.67. The van der Waals surface area contributed by atoms with Crippen LogP contribution in [0.4, 0.5) is 11.4 Å². The molecule has 0 atom stereocenters. The van der Waals surface area contributed by atoms with Crippen LogP contribution in [0.25, 0.3) is 0 Å². The Balaban J connectivity index is 1.55. The van der Waals surface area contributed by atoms with Gasteiger partial charge in [0.1, 0.15) is 0 Å². The van der Waals surface area contributed by atoms with Crippen molar-refractivity contribution in [3.05, 3.63) is 24.3 Å². The fourth-order valence-electron chi connectivity index (χ4n) is 3.62. The average molecular weight is 272 g/mol. The molecule has 0 bridgehead atoms. The molecule has 3 rings (SSSR count). The highest BCUT2D eigenvalue weighted by atomic mass is 15.1. The Hall–Kier alpha value is -1.18. The van der Waals surface area contributed by atoms with E-state index in [2.05, 4.69) is 34.5 Å². The maximum Gasteiger partial charge on any atom is 0.0386 e. The van der Waals surface area contributed by atoms with Crippen molar-refractivity contribution in [3.8, 4) is 0 Å². The Morgan fingerprint density at radius 1 is 0.950 bits per heavy atom. The molecule has 2 fully saturated rings. The lowest BCUT2D eigenvalue weighted by atomic mass is 10.0. The van der Waals surface area contributed by atoms with E-state index in [9.17, 15) is 0 Å². The lowest BCUT2D eigenvalue weighted by Gasteiger charge is -2.20. The lowest BCUT2D eigenvalue weighted by molar-refractivity contribution is 0.483. The lowest BCUT2D eigenvalue weighted by Crippen LogP contribution is -2.18. The Kier molecular flexibility index (Phi) is 4.83. The summed E-state index contributed by atoms with van der Waals surface area (Å²) in [5.74, 6) is 0.882. The second-order valence-corrected chi connectivity index (χ2v) is 6.48. The minimum absolute atomic E-state index is 0.882. The van der Waals surface area contributed by atoms with Crippen molar-refractivity contribution in [2.75, 3.05) is 29.9 Å². The van der Waals surface area contributed by atoms with E-state index in [4.69, 9.17) is 0 Å². The van der Waals surface area contributed by atoms with Gasteiger partial charge >= 0.3 is 0 Å². The van der Waals surface area contributed by atoms with Crippen molar-refractivity contribution in [1.82, 2.24) is 0 Å². The zero-order chi connectivity index (χ0) is 13.6. The van der Waals surface area contributed by atoms with Crippen molar-refractivity contribution in [2.24, 2.45) is 5.92 Å². The zero-order valence-electron chi connectivity index (χ0n) is 12.6. The fourth-order valence-corrected chi connectivity index (χ4v) is 3.62. The van der Waals surface area contributed by atoms with Crippen molar-refractivity contribution in [3.63, 3.8) is 0 Å². The monoisotopic (exact) mass is 272 g/mol. The normalized spacial score (nSPS) is 20.9. The van der Waals surface area contributed by atoms with Crippen LogP contribution in [0, 0.1) is 5.92 Å². The van der Waals surface area contributed by atoms with Gasteiger partial charge in [-0.05, 0) is 49.8 Å². The van der Waals surface area contributed by atoms with Gasteiger partial charge in [-0.25, -0.2) is 0 Å². The molecule has 0 spiro atoms. The first-order valence-electron chi connectivity index (χ1n) is 8.51. The largest absolute Gasteiger partial charge is 0.385 e. The van der Waals surface area contributed by atoms with Crippen LogP contribution in [0.5, 0.6) is 0 Å². The van der Waals surface area contributed by atoms with Crippen LogP contribution in [-0.2, 0) is 0 Å². The molecule has 0 radical (unpaired) electrons. The summed E-state index contributed by atoms with van der Waals surface area (Å²) in [5, 5.41) is 3.68. The summed E-state index contributed by atoms with van der Waals surface area (Å²) in [7, 11) is 0. The van der Waals surface area contributed by atoms with Crippen molar-refractivity contribution < 1.29 is 0 Å². The molecule has 0 unspecified atom stereocenters. The highest BCUT2D eigenvalue weighted by Crippen LogP contribution is 2.26. The Morgan fingerprint density at radius 2 is 1.70 bits per heavy atom. The van der Waals surface area contributed by atoms with Gasteiger partial charge in [0.05, 0.1) is 0 Å². The van der Waals surface area contributed by atoms with Crippen molar-refractivity contribution in [2.45, 2.75) is 51.4 Å². The second kappa shape index (κ2) is 7.01. The number of nitrogens with one attached hydrogen (secondary N) is 1. The van der Waals surface area contributed by atoms with Crippen LogP contribution >= 0.6 is 0 Å². The van der Waals surface area contributed by atoms with Crippen LogP contribution in [0.15, 0.2) is 24.3 Å². The standard InChI is InChI=1S/C18H28N2/c1-2-4-9-16(8-3-1)15-19-17-10-7-11-18(14-17)20-12-5-6-13-20/h7,10-11,14,16,19H,1-6,8-9,12-13,15H2. The van der Waals surface area contributed by atoms with E-state index in [1.165, 1.54) is 75.8 Å². The molecule has 1 saturated carbocycles. The number of nitrogens with zero attached hydrogens (tertiary/aromatic N) is 1. The minimum atomic E-state index is 0.882. The molecule has 20 heavy (non-hydrogen) atoms. The summed E-state index contributed by atoms with van der Waals surface area (Å²) < 4.78 is 0. The smallest absolute Gasteiger partial charge is 0.0386 e. The minimum Gasteiger partial charge on any atom is -0.385 e.